The highest BCUT2D eigenvalue weighted by atomic mass is 16.5. The second-order valence-electron chi connectivity index (χ2n) is 7.98. The number of aliphatic hydroxyl groups is 1. The van der Waals surface area contributed by atoms with Gasteiger partial charge < -0.3 is 19.3 Å². The molecular formula is C26H52O5. The van der Waals surface area contributed by atoms with E-state index in [4.69, 9.17) is 14.6 Å². The first-order valence-corrected chi connectivity index (χ1v) is 12.7. The van der Waals surface area contributed by atoms with Gasteiger partial charge in [-0.15, -0.1) is 0 Å². The SMILES string of the molecule is C=CC(=O)OC.CCCCCCCCCCCCCCCCCCOCCOCCO. The van der Waals surface area contributed by atoms with Gasteiger partial charge in [-0.2, -0.15) is 0 Å². The fourth-order valence-electron chi connectivity index (χ4n) is 3.22. The van der Waals surface area contributed by atoms with Crippen LogP contribution in [0.2, 0.25) is 0 Å². The number of carbonyl (C=O) groups excluding carboxylic acids is 1. The van der Waals surface area contributed by atoms with Crippen molar-refractivity contribution in [3.8, 4) is 0 Å². The normalized spacial score (nSPS) is 10.4. The van der Waals surface area contributed by atoms with Crippen molar-refractivity contribution in [3.63, 3.8) is 0 Å². The van der Waals surface area contributed by atoms with Crippen LogP contribution >= 0.6 is 0 Å². The van der Waals surface area contributed by atoms with Gasteiger partial charge in [-0.1, -0.05) is 110 Å². The lowest BCUT2D eigenvalue weighted by atomic mass is 10.0. The summed E-state index contributed by atoms with van der Waals surface area (Å²) in [4.78, 5) is 9.84. The number of methoxy groups -OCH3 is 1. The molecule has 1 N–H and O–H groups in total. The Bertz CT molecular complexity index is 325. The highest BCUT2D eigenvalue weighted by molar-refractivity contribution is 5.80. The summed E-state index contributed by atoms with van der Waals surface area (Å²) < 4.78 is 14.8. The van der Waals surface area contributed by atoms with Crippen LogP contribution in [0.25, 0.3) is 0 Å². The van der Waals surface area contributed by atoms with E-state index in [1.807, 2.05) is 0 Å². The molecule has 0 amide bonds. The number of unbranched alkanes of at least 4 members (excludes halogenated alkanes) is 15. The summed E-state index contributed by atoms with van der Waals surface area (Å²) in [6, 6.07) is 0. The highest BCUT2D eigenvalue weighted by Gasteiger charge is 1.95. The van der Waals surface area contributed by atoms with Gasteiger partial charge in [-0.25, -0.2) is 4.79 Å². The van der Waals surface area contributed by atoms with E-state index in [0.717, 1.165) is 19.1 Å². The minimum absolute atomic E-state index is 0.0964. The number of esters is 1. The molecule has 5 nitrogen and oxygen atoms in total. The molecule has 0 atom stereocenters. The van der Waals surface area contributed by atoms with Crippen molar-refractivity contribution < 1.29 is 24.1 Å². The summed E-state index contributed by atoms with van der Waals surface area (Å²) in [7, 11) is 1.31. The summed E-state index contributed by atoms with van der Waals surface area (Å²) in [5, 5.41) is 8.56. The van der Waals surface area contributed by atoms with Gasteiger partial charge in [0.1, 0.15) is 0 Å². The Morgan fingerprint density at radius 3 is 1.39 bits per heavy atom. The van der Waals surface area contributed by atoms with Crippen molar-refractivity contribution in [1.82, 2.24) is 0 Å². The van der Waals surface area contributed by atoms with E-state index in [1.54, 1.807) is 0 Å². The van der Waals surface area contributed by atoms with Crippen LogP contribution in [-0.4, -0.2) is 51.2 Å². The van der Waals surface area contributed by atoms with Crippen molar-refractivity contribution in [2.24, 2.45) is 0 Å². The van der Waals surface area contributed by atoms with Crippen LogP contribution in [0.5, 0.6) is 0 Å². The Hall–Kier alpha value is -0.910. The molecule has 186 valence electrons. The number of hydrogen-bond acceptors (Lipinski definition) is 5. The summed E-state index contributed by atoms with van der Waals surface area (Å²) in [6.45, 7) is 8.05. The first kappa shape index (κ1) is 32.3. The number of aliphatic hydroxyl groups excluding tert-OH is 1. The van der Waals surface area contributed by atoms with Crippen molar-refractivity contribution in [1.29, 1.82) is 0 Å². The molecule has 0 spiro atoms. The Kier molecular flexibility index (Phi) is 32.6. The van der Waals surface area contributed by atoms with E-state index in [0.29, 0.717) is 19.8 Å². The van der Waals surface area contributed by atoms with Gasteiger partial charge in [0, 0.05) is 12.7 Å². The predicted molar refractivity (Wildman–Crippen MR) is 130 cm³/mol. The first-order valence-electron chi connectivity index (χ1n) is 12.7. The third kappa shape index (κ3) is 33.9. The Morgan fingerprint density at radius 1 is 0.677 bits per heavy atom. The molecule has 0 rings (SSSR count). The van der Waals surface area contributed by atoms with E-state index in [2.05, 4.69) is 18.2 Å². The molecule has 0 aliphatic heterocycles. The second-order valence-corrected chi connectivity index (χ2v) is 7.98. The maximum Gasteiger partial charge on any atom is 0.329 e. The largest absolute Gasteiger partial charge is 0.466 e. The van der Waals surface area contributed by atoms with Crippen LogP contribution in [0.4, 0.5) is 0 Å². The van der Waals surface area contributed by atoms with E-state index in [1.165, 1.54) is 103 Å². The lowest BCUT2D eigenvalue weighted by molar-refractivity contribution is -0.134. The lowest BCUT2D eigenvalue weighted by Gasteiger charge is -2.05. The third-order valence-corrected chi connectivity index (χ3v) is 5.12. The lowest BCUT2D eigenvalue weighted by Crippen LogP contribution is -2.07. The molecule has 31 heavy (non-hydrogen) atoms. The van der Waals surface area contributed by atoms with Crippen LogP contribution in [0.15, 0.2) is 12.7 Å². The number of ether oxygens (including phenoxy) is 3. The fourth-order valence-corrected chi connectivity index (χ4v) is 3.22. The van der Waals surface area contributed by atoms with Crippen LogP contribution in [-0.2, 0) is 19.0 Å². The Labute approximate surface area is 192 Å². The van der Waals surface area contributed by atoms with Crippen molar-refractivity contribution >= 4 is 5.97 Å². The zero-order valence-electron chi connectivity index (χ0n) is 20.7. The van der Waals surface area contributed by atoms with Gasteiger partial charge in [0.2, 0.25) is 0 Å². The van der Waals surface area contributed by atoms with Crippen molar-refractivity contribution in [2.45, 2.75) is 110 Å². The molecule has 0 radical (unpaired) electrons. The molecule has 0 aliphatic rings. The Morgan fingerprint density at radius 2 is 1.06 bits per heavy atom. The molecule has 0 unspecified atom stereocenters. The molecule has 0 heterocycles. The minimum atomic E-state index is -0.394. The molecule has 0 saturated heterocycles. The van der Waals surface area contributed by atoms with E-state index in [9.17, 15) is 4.79 Å². The molecule has 0 aromatic heterocycles. The van der Waals surface area contributed by atoms with Crippen LogP contribution in [0, 0.1) is 0 Å². The summed E-state index contributed by atoms with van der Waals surface area (Å²) in [5.41, 5.74) is 0. The maximum atomic E-state index is 9.84. The molecule has 0 aliphatic carbocycles. The molecule has 0 aromatic carbocycles. The van der Waals surface area contributed by atoms with Crippen LogP contribution < -0.4 is 0 Å². The molecule has 0 fully saturated rings. The van der Waals surface area contributed by atoms with Crippen molar-refractivity contribution in [3.05, 3.63) is 12.7 Å². The minimum Gasteiger partial charge on any atom is -0.466 e. The summed E-state index contributed by atoms with van der Waals surface area (Å²) in [6.07, 6.45) is 23.5. The van der Waals surface area contributed by atoms with Gasteiger partial charge >= 0.3 is 5.97 Å². The van der Waals surface area contributed by atoms with Gasteiger partial charge in [-0.05, 0) is 6.42 Å². The molecular weight excluding hydrogens is 392 g/mol. The van der Waals surface area contributed by atoms with Gasteiger partial charge in [0.25, 0.3) is 0 Å². The molecule has 5 heteroatoms. The monoisotopic (exact) mass is 444 g/mol. The zero-order chi connectivity index (χ0) is 23.3. The zero-order valence-corrected chi connectivity index (χ0v) is 20.7. The smallest absolute Gasteiger partial charge is 0.329 e. The summed E-state index contributed by atoms with van der Waals surface area (Å²) in [5.74, 6) is -0.394. The van der Waals surface area contributed by atoms with Gasteiger partial charge in [0.05, 0.1) is 33.5 Å². The molecule has 0 aromatic rings. The van der Waals surface area contributed by atoms with Crippen LogP contribution in [0.3, 0.4) is 0 Å². The van der Waals surface area contributed by atoms with Gasteiger partial charge in [-0.3, -0.25) is 0 Å². The summed E-state index contributed by atoms with van der Waals surface area (Å²) >= 11 is 0. The maximum absolute atomic E-state index is 9.84. The average Bonchev–Trinajstić information content (AvgIpc) is 2.80. The molecule has 0 saturated carbocycles. The highest BCUT2D eigenvalue weighted by Crippen LogP contribution is 2.13. The number of carbonyl (C=O) groups is 1. The Balaban J connectivity index is 0. The second kappa shape index (κ2) is 31.3. The molecule has 0 bridgehead atoms. The average molecular weight is 445 g/mol. The van der Waals surface area contributed by atoms with Crippen LogP contribution in [0.1, 0.15) is 110 Å². The number of hydrogen-bond donors (Lipinski definition) is 1. The quantitative estimate of drug-likeness (QED) is 0.109. The van der Waals surface area contributed by atoms with E-state index < -0.39 is 5.97 Å². The predicted octanol–water partition coefficient (Wildman–Crippen LogP) is 6.62. The van der Waals surface area contributed by atoms with Gasteiger partial charge in [0.15, 0.2) is 0 Å². The van der Waals surface area contributed by atoms with E-state index in [-0.39, 0.29) is 6.61 Å². The van der Waals surface area contributed by atoms with Crippen molar-refractivity contribution in [2.75, 3.05) is 40.1 Å². The first-order chi connectivity index (χ1) is 15.2. The fraction of sp³-hybridized carbons (Fsp3) is 0.885. The van der Waals surface area contributed by atoms with E-state index >= 15 is 0 Å². The topological polar surface area (TPSA) is 65.0 Å². The third-order valence-electron chi connectivity index (χ3n) is 5.12. The standard InChI is InChI=1S/C22H46O3.C4H6O2/c1-2-3-4-5-6-7-8-9-10-11-12-13-14-15-16-17-19-24-21-22-25-20-18-23;1-3-4(5)6-2/h23H,2-22H2,1H3;3H,1H2,2H3. The number of rotatable bonds is 23.